The highest BCUT2D eigenvalue weighted by atomic mass is 16.1. The summed E-state index contributed by atoms with van der Waals surface area (Å²) in [5.74, 6) is 3.59. The molecule has 7 nitrogen and oxygen atoms in total. The summed E-state index contributed by atoms with van der Waals surface area (Å²) in [6.07, 6.45) is 14.1. The smallest absolute Gasteiger partial charge is 0.220 e. The number of amides is 1. The number of imidazole rings is 1. The zero-order valence-corrected chi connectivity index (χ0v) is 21.9. The lowest BCUT2D eigenvalue weighted by Gasteiger charge is -2.28. The number of para-hydroxylation sites is 1. The number of carbonyl (C=O) groups is 1. The summed E-state index contributed by atoms with van der Waals surface area (Å²) in [7, 11) is 3.99. The monoisotopic (exact) mass is 478 g/mol. The molecule has 0 radical (unpaired) electrons. The van der Waals surface area contributed by atoms with Crippen molar-refractivity contribution in [3.05, 3.63) is 48.3 Å². The fourth-order valence-corrected chi connectivity index (χ4v) is 4.75. The van der Waals surface area contributed by atoms with Gasteiger partial charge in [-0.05, 0) is 50.2 Å². The molecule has 0 bridgehead atoms. The van der Waals surface area contributed by atoms with Gasteiger partial charge in [-0.25, -0.2) is 15.0 Å². The summed E-state index contributed by atoms with van der Waals surface area (Å²) >= 11 is 0. The SMILES string of the molecule is CCCCC1CCC(CNC(=O)CCc2cnc[nH]2)CC1.Cc1nc(N(C)C)c2ccccc2n1. The zero-order chi connectivity index (χ0) is 25.0. The number of hydrogen-bond acceptors (Lipinski definition) is 5. The molecular formula is C28H42N6O. The summed E-state index contributed by atoms with van der Waals surface area (Å²) in [6.45, 7) is 5.05. The van der Waals surface area contributed by atoms with Crippen molar-refractivity contribution in [2.75, 3.05) is 25.5 Å². The van der Waals surface area contributed by atoms with E-state index in [1.807, 2.05) is 50.2 Å². The third-order valence-corrected chi connectivity index (χ3v) is 6.81. The number of carbonyl (C=O) groups excluding carboxylic acids is 1. The minimum atomic E-state index is 0.165. The van der Waals surface area contributed by atoms with E-state index in [4.69, 9.17) is 0 Å². The number of aromatic amines is 1. The molecule has 1 aliphatic carbocycles. The van der Waals surface area contributed by atoms with E-state index in [0.717, 1.165) is 47.1 Å². The second kappa shape index (κ2) is 13.8. The molecule has 0 atom stereocenters. The van der Waals surface area contributed by atoms with Gasteiger partial charge in [0.2, 0.25) is 5.91 Å². The van der Waals surface area contributed by atoms with Crippen molar-refractivity contribution in [3.63, 3.8) is 0 Å². The van der Waals surface area contributed by atoms with Gasteiger partial charge in [-0.15, -0.1) is 0 Å². The molecule has 1 aliphatic rings. The first kappa shape index (κ1) is 26.6. The highest BCUT2D eigenvalue weighted by molar-refractivity contribution is 5.89. The van der Waals surface area contributed by atoms with Crippen molar-refractivity contribution in [1.29, 1.82) is 0 Å². The number of fused-ring (bicyclic) bond motifs is 1. The van der Waals surface area contributed by atoms with Crippen LogP contribution in [0, 0.1) is 18.8 Å². The van der Waals surface area contributed by atoms with Crippen LogP contribution in [0.15, 0.2) is 36.8 Å². The van der Waals surface area contributed by atoms with Gasteiger partial charge in [-0.1, -0.05) is 51.2 Å². The first-order valence-electron chi connectivity index (χ1n) is 13.1. The van der Waals surface area contributed by atoms with Crippen molar-refractivity contribution in [3.8, 4) is 0 Å². The summed E-state index contributed by atoms with van der Waals surface area (Å²) in [5.41, 5.74) is 2.03. The number of aryl methyl sites for hydroxylation is 2. The molecule has 190 valence electrons. The summed E-state index contributed by atoms with van der Waals surface area (Å²) in [6, 6.07) is 8.06. The normalized spacial score (nSPS) is 17.5. The number of nitrogens with zero attached hydrogens (tertiary/aromatic N) is 4. The molecule has 0 unspecified atom stereocenters. The van der Waals surface area contributed by atoms with Crippen LogP contribution in [0.3, 0.4) is 0 Å². The summed E-state index contributed by atoms with van der Waals surface area (Å²) in [5, 5.41) is 4.20. The van der Waals surface area contributed by atoms with Crippen LogP contribution < -0.4 is 10.2 Å². The molecule has 2 heterocycles. The van der Waals surface area contributed by atoms with Gasteiger partial charge in [0.1, 0.15) is 11.6 Å². The molecule has 7 heteroatoms. The Labute approximate surface area is 210 Å². The van der Waals surface area contributed by atoms with Crippen LogP contribution in [0.4, 0.5) is 5.82 Å². The first-order valence-corrected chi connectivity index (χ1v) is 13.1. The lowest BCUT2D eigenvalue weighted by molar-refractivity contribution is -0.121. The average molecular weight is 479 g/mol. The quantitative estimate of drug-likeness (QED) is 0.426. The molecule has 1 aromatic carbocycles. The average Bonchev–Trinajstić information content (AvgIpc) is 3.39. The van der Waals surface area contributed by atoms with Gasteiger partial charge in [-0.3, -0.25) is 4.79 Å². The molecule has 3 aromatic rings. The highest BCUT2D eigenvalue weighted by Gasteiger charge is 2.21. The molecule has 0 spiro atoms. The van der Waals surface area contributed by atoms with Crippen LogP contribution in [0.2, 0.25) is 0 Å². The van der Waals surface area contributed by atoms with Gasteiger partial charge in [0.15, 0.2) is 0 Å². The van der Waals surface area contributed by atoms with Gasteiger partial charge in [0.25, 0.3) is 0 Å². The standard InChI is InChI=1S/C17H29N3O.C11H13N3/c1-2-3-4-14-5-7-15(8-6-14)11-19-17(21)10-9-16-12-18-13-20-16;1-8-12-10-7-5-4-6-9(10)11(13-8)14(2)3/h12-15H,2-11H2,1H3,(H,18,20)(H,19,21);4-7H,1-3H3. The lowest BCUT2D eigenvalue weighted by Crippen LogP contribution is -2.31. The molecule has 1 saturated carbocycles. The zero-order valence-electron chi connectivity index (χ0n) is 21.9. The molecule has 2 aromatic heterocycles. The third kappa shape index (κ3) is 8.64. The Morgan fingerprint density at radius 3 is 2.54 bits per heavy atom. The molecule has 4 rings (SSSR count). The molecule has 2 N–H and O–H groups in total. The third-order valence-electron chi connectivity index (χ3n) is 6.81. The Bertz CT molecular complexity index is 1030. The van der Waals surface area contributed by atoms with E-state index in [-0.39, 0.29) is 5.91 Å². The highest BCUT2D eigenvalue weighted by Crippen LogP contribution is 2.31. The van der Waals surface area contributed by atoms with Gasteiger partial charge in [-0.2, -0.15) is 0 Å². The second-order valence-corrected chi connectivity index (χ2v) is 9.92. The van der Waals surface area contributed by atoms with Crippen molar-refractivity contribution in [2.45, 2.75) is 71.6 Å². The Hall–Kier alpha value is -2.96. The number of benzene rings is 1. The Morgan fingerprint density at radius 1 is 1.11 bits per heavy atom. The summed E-state index contributed by atoms with van der Waals surface area (Å²) < 4.78 is 0. The maximum absolute atomic E-state index is 11.8. The summed E-state index contributed by atoms with van der Waals surface area (Å²) in [4.78, 5) is 29.6. The van der Waals surface area contributed by atoms with Gasteiger partial charge in [0, 0.05) is 44.3 Å². The molecular weight excluding hydrogens is 436 g/mol. The number of unbranched alkanes of at least 4 members (excludes halogenated alkanes) is 1. The fraction of sp³-hybridized carbons (Fsp3) is 0.571. The van der Waals surface area contributed by atoms with Crippen LogP contribution in [-0.4, -0.2) is 46.5 Å². The predicted molar refractivity (Wildman–Crippen MR) is 143 cm³/mol. The van der Waals surface area contributed by atoms with Crippen LogP contribution >= 0.6 is 0 Å². The second-order valence-electron chi connectivity index (χ2n) is 9.92. The van der Waals surface area contributed by atoms with Gasteiger partial charge in [0.05, 0.1) is 11.8 Å². The fourth-order valence-electron chi connectivity index (χ4n) is 4.75. The minimum Gasteiger partial charge on any atom is -0.362 e. The number of anilines is 1. The van der Waals surface area contributed by atoms with Crippen LogP contribution in [0.25, 0.3) is 10.9 Å². The van der Waals surface area contributed by atoms with Crippen LogP contribution in [0.1, 0.15) is 69.8 Å². The Balaban J connectivity index is 0.000000211. The van der Waals surface area contributed by atoms with Crippen molar-refractivity contribution < 1.29 is 4.79 Å². The van der Waals surface area contributed by atoms with E-state index < -0.39 is 0 Å². The van der Waals surface area contributed by atoms with Crippen LogP contribution in [0.5, 0.6) is 0 Å². The number of hydrogen-bond donors (Lipinski definition) is 2. The Morgan fingerprint density at radius 2 is 1.86 bits per heavy atom. The molecule has 0 saturated heterocycles. The maximum atomic E-state index is 11.8. The topological polar surface area (TPSA) is 86.8 Å². The minimum absolute atomic E-state index is 0.165. The van der Waals surface area contributed by atoms with E-state index in [9.17, 15) is 4.79 Å². The maximum Gasteiger partial charge on any atom is 0.220 e. The predicted octanol–water partition coefficient (Wildman–Crippen LogP) is 5.46. The van der Waals surface area contributed by atoms with E-state index in [1.165, 1.54) is 44.9 Å². The number of H-pyrrole nitrogens is 1. The largest absolute Gasteiger partial charge is 0.362 e. The van der Waals surface area contributed by atoms with Crippen LogP contribution in [-0.2, 0) is 11.2 Å². The van der Waals surface area contributed by atoms with Crippen molar-refractivity contribution in [2.24, 2.45) is 11.8 Å². The molecule has 35 heavy (non-hydrogen) atoms. The first-order chi connectivity index (χ1) is 17.0. The van der Waals surface area contributed by atoms with E-state index in [0.29, 0.717) is 12.3 Å². The van der Waals surface area contributed by atoms with E-state index in [1.54, 1.807) is 12.5 Å². The van der Waals surface area contributed by atoms with Crippen molar-refractivity contribution >= 4 is 22.6 Å². The number of aromatic nitrogens is 4. The van der Waals surface area contributed by atoms with E-state index in [2.05, 4.69) is 32.2 Å². The van der Waals surface area contributed by atoms with Crippen molar-refractivity contribution in [1.82, 2.24) is 25.3 Å². The van der Waals surface area contributed by atoms with E-state index >= 15 is 0 Å². The van der Waals surface area contributed by atoms with Gasteiger partial charge < -0.3 is 15.2 Å². The molecule has 1 amide bonds. The van der Waals surface area contributed by atoms with Gasteiger partial charge >= 0.3 is 0 Å². The number of rotatable bonds is 9. The molecule has 0 aliphatic heterocycles. The Kier molecular flexibility index (Phi) is 10.5. The number of nitrogens with one attached hydrogen (secondary N) is 2. The lowest BCUT2D eigenvalue weighted by atomic mass is 9.80. The molecule has 1 fully saturated rings.